The maximum absolute atomic E-state index is 13.0. The highest BCUT2D eigenvalue weighted by molar-refractivity contribution is 7.80. The molecule has 2 N–H and O–H groups in total. The molecule has 0 bridgehead atoms. The maximum atomic E-state index is 13.0. The van der Waals surface area contributed by atoms with Gasteiger partial charge in [-0.25, -0.2) is 4.39 Å². The summed E-state index contributed by atoms with van der Waals surface area (Å²) < 4.78 is 18.0. The minimum Gasteiger partial charge on any atom is -0.497 e. The van der Waals surface area contributed by atoms with Crippen molar-refractivity contribution >= 4 is 29.2 Å². The van der Waals surface area contributed by atoms with Crippen LogP contribution in [0.25, 0.3) is 0 Å². The highest BCUT2D eigenvalue weighted by atomic mass is 32.1. The van der Waals surface area contributed by atoms with Gasteiger partial charge in [0.1, 0.15) is 11.6 Å². The van der Waals surface area contributed by atoms with Crippen LogP contribution in [-0.4, -0.2) is 18.4 Å². The first-order valence-corrected chi connectivity index (χ1v) is 6.58. The minimum atomic E-state index is -0.308. The fourth-order valence-electron chi connectivity index (χ4n) is 1.59. The summed E-state index contributed by atoms with van der Waals surface area (Å²) in [7, 11) is 1.61. The first-order chi connectivity index (χ1) is 10.2. The molecule has 0 amide bonds. The van der Waals surface area contributed by atoms with E-state index in [0.29, 0.717) is 10.7 Å². The van der Waals surface area contributed by atoms with Gasteiger partial charge < -0.3 is 10.1 Å². The molecule has 2 rings (SSSR count). The standard InChI is InChI=1S/C15H14FN3OS/c1-20-14-7-5-13(6-8-14)18-15(21)19-17-10-11-3-2-4-12(16)9-11/h2-10H,1H3,(H2,18,19,21)/b17-10-. The van der Waals surface area contributed by atoms with Crippen molar-refractivity contribution in [3.63, 3.8) is 0 Å². The molecular formula is C15H14FN3OS. The molecule has 0 unspecified atom stereocenters. The van der Waals surface area contributed by atoms with Gasteiger partial charge in [0.15, 0.2) is 5.11 Å². The number of hydrazone groups is 1. The minimum absolute atomic E-state index is 0.308. The molecule has 2 aromatic carbocycles. The highest BCUT2D eigenvalue weighted by Crippen LogP contribution is 2.14. The summed E-state index contributed by atoms with van der Waals surface area (Å²) >= 11 is 5.10. The van der Waals surface area contributed by atoms with Crippen molar-refractivity contribution in [3.05, 3.63) is 59.9 Å². The van der Waals surface area contributed by atoms with E-state index >= 15 is 0 Å². The second-order valence-corrected chi connectivity index (χ2v) is 4.52. The Hall–Kier alpha value is -2.47. The molecule has 0 aromatic heterocycles. The summed E-state index contributed by atoms with van der Waals surface area (Å²) in [4.78, 5) is 0. The predicted molar refractivity (Wildman–Crippen MR) is 86.3 cm³/mol. The van der Waals surface area contributed by atoms with Crippen LogP contribution >= 0.6 is 12.2 Å². The second-order valence-electron chi connectivity index (χ2n) is 4.11. The van der Waals surface area contributed by atoms with Gasteiger partial charge in [0.05, 0.1) is 13.3 Å². The molecular weight excluding hydrogens is 289 g/mol. The average Bonchev–Trinajstić information content (AvgIpc) is 2.48. The van der Waals surface area contributed by atoms with Crippen molar-refractivity contribution in [1.29, 1.82) is 0 Å². The SMILES string of the molecule is COc1ccc(NC(=S)N/N=C\c2cccc(F)c2)cc1. The average molecular weight is 303 g/mol. The fraction of sp³-hybridized carbons (Fsp3) is 0.0667. The lowest BCUT2D eigenvalue weighted by Crippen LogP contribution is -2.23. The van der Waals surface area contributed by atoms with Crippen LogP contribution in [0.2, 0.25) is 0 Å². The topological polar surface area (TPSA) is 45.6 Å². The zero-order valence-corrected chi connectivity index (χ0v) is 12.2. The molecule has 0 aliphatic heterocycles. The second kappa shape index (κ2) is 7.35. The quantitative estimate of drug-likeness (QED) is 0.517. The van der Waals surface area contributed by atoms with Crippen molar-refractivity contribution in [1.82, 2.24) is 5.43 Å². The number of thiocarbonyl (C=S) groups is 1. The number of benzene rings is 2. The molecule has 0 saturated heterocycles. The Kier molecular flexibility index (Phi) is 5.22. The van der Waals surface area contributed by atoms with Gasteiger partial charge in [-0.3, -0.25) is 5.43 Å². The van der Waals surface area contributed by atoms with Gasteiger partial charge in [-0.15, -0.1) is 0 Å². The summed E-state index contributed by atoms with van der Waals surface area (Å²) in [5.41, 5.74) is 4.13. The number of ether oxygens (including phenoxy) is 1. The van der Waals surface area contributed by atoms with E-state index in [1.165, 1.54) is 18.3 Å². The normalized spacial score (nSPS) is 10.4. The third-order valence-electron chi connectivity index (χ3n) is 2.58. The van der Waals surface area contributed by atoms with Crippen LogP contribution in [0.1, 0.15) is 5.56 Å². The molecule has 0 fully saturated rings. The van der Waals surface area contributed by atoms with Crippen LogP contribution in [0.5, 0.6) is 5.75 Å². The Morgan fingerprint density at radius 1 is 1.24 bits per heavy atom. The van der Waals surface area contributed by atoms with E-state index in [-0.39, 0.29) is 5.82 Å². The molecule has 0 radical (unpaired) electrons. The molecule has 2 aromatic rings. The zero-order valence-electron chi connectivity index (χ0n) is 11.3. The Labute approximate surface area is 127 Å². The van der Waals surface area contributed by atoms with Gasteiger partial charge in [0.25, 0.3) is 0 Å². The summed E-state index contributed by atoms with van der Waals surface area (Å²) in [5.74, 6) is 0.460. The Balaban J connectivity index is 1.86. The highest BCUT2D eigenvalue weighted by Gasteiger charge is 1.97. The maximum Gasteiger partial charge on any atom is 0.191 e. The molecule has 0 saturated carbocycles. The van der Waals surface area contributed by atoms with Crippen LogP contribution in [0.3, 0.4) is 0 Å². The van der Waals surface area contributed by atoms with Gasteiger partial charge in [-0.2, -0.15) is 5.10 Å². The van der Waals surface area contributed by atoms with Gasteiger partial charge in [0.2, 0.25) is 0 Å². The van der Waals surface area contributed by atoms with Crippen LogP contribution in [0.15, 0.2) is 53.6 Å². The molecule has 0 aliphatic carbocycles. The molecule has 0 atom stereocenters. The van der Waals surface area contributed by atoms with Crippen LogP contribution in [-0.2, 0) is 0 Å². The third-order valence-corrected chi connectivity index (χ3v) is 2.77. The number of methoxy groups -OCH3 is 1. The van der Waals surface area contributed by atoms with E-state index in [1.54, 1.807) is 19.2 Å². The molecule has 4 nitrogen and oxygen atoms in total. The van der Waals surface area contributed by atoms with E-state index < -0.39 is 0 Å². The van der Waals surface area contributed by atoms with Crippen molar-refractivity contribution in [2.75, 3.05) is 12.4 Å². The van der Waals surface area contributed by atoms with E-state index in [0.717, 1.165) is 11.4 Å². The monoisotopic (exact) mass is 303 g/mol. The first-order valence-electron chi connectivity index (χ1n) is 6.17. The number of rotatable bonds is 4. The zero-order chi connectivity index (χ0) is 15.1. The molecule has 0 aliphatic rings. The van der Waals surface area contributed by atoms with Crippen molar-refractivity contribution in [2.24, 2.45) is 5.10 Å². The Morgan fingerprint density at radius 3 is 2.67 bits per heavy atom. The first kappa shape index (κ1) is 14.9. The van der Waals surface area contributed by atoms with E-state index in [1.807, 2.05) is 24.3 Å². The third kappa shape index (κ3) is 4.85. The Morgan fingerprint density at radius 2 is 2.00 bits per heavy atom. The van der Waals surface area contributed by atoms with Gasteiger partial charge in [-0.05, 0) is 54.2 Å². The molecule has 108 valence electrons. The van der Waals surface area contributed by atoms with Gasteiger partial charge >= 0.3 is 0 Å². The molecule has 21 heavy (non-hydrogen) atoms. The smallest absolute Gasteiger partial charge is 0.191 e. The van der Waals surface area contributed by atoms with Crippen LogP contribution in [0, 0.1) is 5.82 Å². The summed E-state index contributed by atoms with van der Waals surface area (Å²) in [6.45, 7) is 0. The van der Waals surface area contributed by atoms with Crippen molar-refractivity contribution < 1.29 is 9.13 Å². The number of nitrogens with zero attached hydrogens (tertiary/aromatic N) is 1. The van der Waals surface area contributed by atoms with Gasteiger partial charge in [0, 0.05) is 5.69 Å². The summed E-state index contributed by atoms with van der Waals surface area (Å²) in [6.07, 6.45) is 1.49. The van der Waals surface area contributed by atoms with Crippen molar-refractivity contribution in [3.8, 4) is 5.75 Å². The van der Waals surface area contributed by atoms with Gasteiger partial charge in [-0.1, -0.05) is 12.1 Å². The largest absolute Gasteiger partial charge is 0.497 e. The van der Waals surface area contributed by atoms with E-state index in [4.69, 9.17) is 17.0 Å². The number of halogens is 1. The summed E-state index contributed by atoms with van der Waals surface area (Å²) in [5, 5.41) is 7.25. The molecule has 6 heteroatoms. The molecule has 0 spiro atoms. The number of anilines is 1. The van der Waals surface area contributed by atoms with E-state index in [2.05, 4.69) is 15.8 Å². The summed E-state index contributed by atoms with van der Waals surface area (Å²) in [6, 6.07) is 13.4. The number of hydrogen-bond donors (Lipinski definition) is 2. The lowest BCUT2D eigenvalue weighted by atomic mass is 10.2. The number of hydrogen-bond acceptors (Lipinski definition) is 3. The fourth-order valence-corrected chi connectivity index (χ4v) is 1.76. The molecule has 0 heterocycles. The van der Waals surface area contributed by atoms with Crippen LogP contribution in [0.4, 0.5) is 10.1 Å². The lowest BCUT2D eigenvalue weighted by Gasteiger charge is -2.07. The predicted octanol–water partition coefficient (Wildman–Crippen LogP) is 3.15. The lowest BCUT2D eigenvalue weighted by molar-refractivity contribution is 0.415. The van der Waals surface area contributed by atoms with E-state index in [9.17, 15) is 4.39 Å². The van der Waals surface area contributed by atoms with Crippen LogP contribution < -0.4 is 15.5 Å². The van der Waals surface area contributed by atoms with Crippen molar-refractivity contribution in [2.45, 2.75) is 0 Å². The number of nitrogens with one attached hydrogen (secondary N) is 2. The Bertz CT molecular complexity index is 644.